The number of nitrogens with one attached hydrogen (secondary N) is 1. The summed E-state index contributed by atoms with van der Waals surface area (Å²) in [6.45, 7) is 7.32. The maximum absolute atomic E-state index is 13.5. The van der Waals surface area contributed by atoms with Crippen LogP contribution in [0.1, 0.15) is 43.0 Å². The molecule has 32 heavy (non-hydrogen) atoms. The normalized spacial score (nSPS) is 17.9. The zero-order chi connectivity index (χ0) is 23.3. The van der Waals surface area contributed by atoms with Gasteiger partial charge in [-0.3, -0.25) is 9.59 Å². The van der Waals surface area contributed by atoms with E-state index in [-0.39, 0.29) is 5.57 Å². The second-order valence-corrected chi connectivity index (χ2v) is 8.34. The summed E-state index contributed by atoms with van der Waals surface area (Å²) in [5.74, 6) is -0.777. The van der Waals surface area contributed by atoms with Crippen LogP contribution in [0.15, 0.2) is 48.3 Å². The van der Waals surface area contributed by atoms with Crippen LogP contribution < -0.4 is 14.8 Å². The second-order valence-electron chi connectivity index (χ2n) is 8.34. The van der Waals surface area contributed by atoms with Gasteiger partial charge in [0.25, 0.3) is 5.91 Å². The number of ether oxygens (including phenoxy) is 2. The largest absolute Gasteiger partial charge is 0.872 e. The van der Waals surface area contributed by atoms with Crippen molar-refractivity contribution in [1.29, 1.82) is 0 Å². The molecule has 0 aliphatic carbocycles. The number of rotatable bonds is 9. The monoisotopic (exact) mass is 438 g/mol. The number of hydrogen-bond acceptors (Lipinski definition) is 5. The van der Waals surface area contributed by atoms with E-state index in [9.17, 15) is 14.7 Å². The predicted molar refractivity (Wildman–Crippen MR) is 117 cm³/mol. The lowest BCUT2D eigenvalue weighted by atomic mass is 9.95. The lowest BCUT2D eigenvalue weighted by Crippen LogP contribution is -2.31. The topological polar surface area (TPSA) is 93.0 Å². The highest BCUT2D eigenvalue weighted by Gasteiger charge is 2.44. The molecule has 7 heteroatoms. The highest BCUT2D eigenvalue weighted by Crippen LogP contribution is 2.38. The third-order valence-corrected chi connectivity index (χ3v) is 5.33. The number of amides is 1. The minimum Gasteiger partial charge on any atom is -0.872 e. The Hall–Kier alpha value is -3.19. The van der Waals surface area contributed by atoms with Crippen molar-refractivity contribution in [1.82, 2.24) is 4.90 Å². The first kappa shape index (κ1) is 23.5. The zero-order valence-corrected chi connectivity index (χ0v) is 19.0. The summed E-state index contributed by atoms with van der Waals surface area (Å²) < 4.78 is 10.9. The first-order valence-corrected chi connectivity index (χ1v) is 10.8. The van der Waals surface area contributed by atoms with Crippen LogP contribution in [0.25, 0.3) is 5.76 Å². The van der Waals surface area contributed by atoms with Gasteiger partial charge in [0.05, 0.1) is 12.6 Å². The molecule has 0 spiro atoms. The molecular weight excluding hydrogens is 408 g/mol. The van der Waals surface area contributed by atoms with E-state index in [0.717, 1.165) is 5.56 Å². The highest BCUT2D eigenvalue weighted by atomic mass is 16.5. The average molecular weight is 439 g/mol. The molecule has 1 N–H and O–H groups in total. The van der Waals surface area contributed by atoms with Crippen molar-refractivity contribution < 1.29 is 29.2 Å². The molecule has 1 aliphatic rings. The minimum atomic E-state index is -0.751. The predicted octanol–water partition coefficient (Wildman–Crippen LogP) is 2.10. The molecule has 0 radical (unpaired) electrons. The zero-order valence-electron chi connectivity index (χ0n) is 19.0. The van der Waals surface area contributed by atoms with Gasteiger partial charge in [0.2, 0.25) is 5.78 Å². The Labute approximate surface area is 188 Å². The summed E-state index contributed by atoms with van der Waals surface area (Å²) >= 11 is 0. The van der Waals surface area contributed by atoms with E-state index in [4.69, 9.17) is 9.47 Å². The van der Waals surface area contributed by atoms with Crippen molar-refractivity contribution in [3.8, 4) is 5.75 Å². The van der Waals surface area contributed by atoms with E-state index in [1.54, 1.807) is 49.8 Å². The number of aromatic nitrogens is 1. The van der Waals surface area contributed by atoms with E-state index < -0.39 is 23.5 Å². The number of carbonyl (C=O) groups is 2. The van der Waals surface area contributed by atoms with Crippen molar-refractivity contribution in [2.75, 3.05) is 26.9 Å². The number of methoxy groups -OCH3 is 1. The summed E-state index contributed by atoms with van der Waals surface area (Å²) in [7, 11) is 1.58. The molecule has 1 saturated heterocycles. The molecule has 1 amide bonds. The number of nitrogens with zero attached hydrogens (tertiary/aromatic N) is 1. The fraction of sp³-hybridized carbons (Fsp3) is 0.400. The van der Waals surface area contributed by atoms with Gasteiger partial charge >= 0.3 is 0 Å². The molecular formula is C25H30N2O5. The Morgan fingerprint density at radius 2 is 2.03 bits per heavy atom. The van der Waals surface area contributed by atoms with Crippen LogP contribution in [0, 0.1) is 12.8 Å². The second kappa shape index (κ2) is 10.4. The van der Waals surface area contributed by atoms with Crippen LogP contribution in [-0.2, 0) is 14.3 Å². The molecule has 1 fully saturated rings. The van der Waals surface area contributed by atoms with Crippen molar-refractivity contribution in [3.05, 3.63) is 65.0 Å². The molecule has 7 nitrogen and oxygen atoms in total. The van der Waals surface area contributed by atoms with E-state index in [0.29, 0.717) is 49.0 Å². The number of Topliss-reactive ketones (excluding diaryl/α,β-unsaturated/α-hetero) is 1. The minimum absolute atomic E-state index is 0.0257. The van der Waals surface area contributed by atoms with Crippen LogP contribution in [0.3, 0.4) is 0 Å². The number of aryl methyl sites for hydroxylation is 1. The van der Waals surface area contributed by atoms with Crippen molar-refractivity contribution in [3.63, 3.8) is 0 Å². The average Bonchev–Trinajstić information content (AvgIpc) is 3.03. The van der Waals surface area contributed by atoms with Crippen LogP contribution in [0.5, 0.6) is 5.75 Å². The van der Waals surface area contributed by atoms with Crippen LogP contribution >= 0.6 is 0 Å². The van der Waals surface area contributed by atoms with Gasteiger partial charge in [-0.05, 0) is 48.6 Å². The summed E-state index contributed by atoms with van der Waals surface area (Å²) in [5.41, 5.74) is 1.82. The Morgan fingerprint density at radius 1 is 1.25 bits per heavy atom. The molecule has 1 aliphatic heterocycles. The molecule has 0 bridgehead atoms. The Kier molecular flexibility index (Phi) is 7.64. The highest BCUT2D eigenvalue weighted by molar-refractivity contribution is 6.46. The SMILES string of the molecule is COCCCN1C(=O)C(=O)/C(=C(/[O-])c2ccc(OCC(C)C)c(C)c2)C1c1ccc[nH+]c1. The van der Waals surface area contributed by atoms with Gasteiger partial charge in [-0.1, -0.05) is 25.7 Å². The number of likely N-dealkylation sites (tertiary alicyclic amines) is 1. The van der Waals surface area contributed by atoms with Gasteiger partial charge in [-0.2, -0.15) is 0 Å². The fourth-order valence-corrected chi connectivity index (χ4v) is 3.77. The van der Waals surface area contributed by atoms with Crippen LogP contribution in [0.2, 0.25) is 0 Å². The lowest BCUT2D eigenvalue weighted by Gasteiger charge is -2.26. The first-order valence-electron chi connectivity index (χ1n) is 10.8. The summed E-state index contributed by atoms with van der Waals surface area (Å²) in [4.78, 5) is 30.2. The molecule has 3 rings (SSSR count). The van der Waals surface area contributed by atoms with Gasteiger partial charge in [0.1, 0.15) is 5.75 Å². The number of H-pyrrole nitrogens is 1. The lowest BCUT2D eigenvalue weighted by molar-refractivity contribution is -0.379. The van der Waals surface area contributed by atoms with E-state index >= 15 is 0 Å². The third kappa shape index (κ3) is 4.99. The van der Waals surface area contributed by atoms with E-state index in [1.165, 1.54) is 4.90 Å². The van der Waals surface area contributed by atoms with E-state index in [2.05, 4.69) is 18.8 Å². The van der Waals surface area contributed by atoms with Crippen LogP contribution in [-0.4, -0.2) is 43.5 Å². The summed E-state index contributed by atoms with van der Waals surface area (Å²) in [5, 5.41) is 13.5. The molecule has 1 aromatic carbocycles. The third-order valence-electron chi connectivity index (χ3n) is 5.33. The Balaban J connectivity index is 2.03. The van der Waals surface area contributed by atoms with Crippen molar-refractivity contribution >= 4 is 17.4 Å². The van der Waals surface area contributed by atoms with E-state index in [1.807, 2.05) is 6.92 Å². The van der Waals surface area contributed by atoms with Crippen molar-refractivity contribution in [2.24, 2.45) is 5.92 Å². The molecule has 1 aromatic heterocycles. The number of ketones is 1. The standard InChI is InChI=1S/C25H30N2O5/c1-16(2)15-32-20-9-8-18(13-17(20)3)23(28)21-22(19-7-5-10-26-14-19)27(11-6-12-31-4)25(30)24(21)29/h5,7-10,13-14,16,22,28H,6,11-12,15H2,1-4H3/b23-21+. The van der Waals surface area contributed by atoms with Gasteiger partial charge in [0.15, 0.2) is 12.4 Å². The number of hydrogen-bond donors (Lipinski definition) is 0. The first-order chi connectivity index (χ1) is 15.3. The molecule has 1 unspecified atom stereocenters. The van der Waals surface area contributed by atoms with Crippen molar-refractivity contribution in [2.45, 2.75) is 33.2 Å². The number of carbonyl (C=O) groups excluding carboxylic acids is 2. The summed E-state index contributed by atoms with van der Waals surface area (Å²) in [6, 6.07) is 7.95. The molecule has 170 valence electrons. The van der Waals surface area contributed by atoms with Gasteiger partial charge < -0.3 is 19.5 Å². The number of benzene rings is 1. The number of aromatic amines is 1. The number of pyridine rings is 1. The molecule has 2 aromatic rings. The molecule has 1 atom stereocenters. The molecule has 2 heterocycles. The Bertz CT molecular complexity index is 1000. The van der Waals surface area contributed by atoms with Gasteiger partial charge in [-0.15, -0.1) is 0 Å². The maximum atomic E-state index is 13.5. The molecule has 0 saturated carbocycles. The quantitative estimate of drug-likeness (QED) is 0.259. The fourth-order valence-electron chi connectivity index (χ4n) is 3.77. The smallest absolute Gasteiger partial charge is 0.295 e. The van der Waals surface area contributed by atoms with Gasteiger partial charge in [-0.25, -0.2) is 4.98 Å². The van der Waals surface area contributed by atoms with Crippen LogP contribution in [0.4, 0.5) is 0 Å². The maximum Gasteiger partial charge on any atom is 0.295 e. The Morgan fingerprint density at radius 3 is 2.66 bits per heavy atom. The van der Waals surface area contributed by atoms with Gasteiger partial charge in [0, 0.05) is 37.5 Å². The summed E-state index contributed by atoms with van der Waals surface area (Å²) in [6.07, 6.45) is 4.00.